The largest absolute Gasteiger partial charge is 0.332 e. The molecule has 2 aromatic heterocycles. The Hall–Kier alpha value is -6.20. The molecule has 0 saturated carbocycles. The van der Waals surface area contributed by atoms with Crippen molar-refractivity contribution >= 4 is 105 Å². The molecule has 3 aliphatic carbocycles. The van der Waals surface area contributed by atoms with Crippen molar-refractivity contribution < 1.29 is 0 Å². The van der Waals surface area contributed by atoms with Crippen molar-refractivity contribution in [3.05, 3.63) is 197 Å². The van der Waals surface area contributed by atoms with Gasteiger partial charge in [-0.15, -0.1) is 22.7 Å². The second kappa shape index (κ2) is 12.7. The van der Waals surface area contributed by atoms with Crippen molar-refractivity contribution in [3.63, 3.8) is 0 Å². The zero-order valence-electron chi connectivity index (χ0n) is 30.5. The monoisotopic (exact) mass is 752 g/mol. The van der Waals surface area contributed by atoms with E-state index >= 15 is 0 Å². The maximum atomic E-state index is 2.63. The lowest BCUT2D eigenvalue weighted by Crippen LogP contribution is -2.36. The molecule has 3 atom stereocenters. The second-order valence-electron chi connectivity index (χ2n) is 15.1. The van der Waals surface area contributed by atoms with Gasteiger partial charge in [0.25, 0.3) is 0 Å². The number of hydrogen-bond donors (Lipinski definition) is 0. The maximum Gasteiger partial charge on any atom is 0.0725 e. The van der Waals surface area contributed by atoms with Crippen molar-refractivity contribution in [2.45, 2.75) is 24.4 Å². The molecule has 2 heterocycles. The Labute approximate surface area is 334 Å². The number of para-hydroxylation sites is 2. The smallest absolute Gasteiger partial charge is 0.0725 e. The number of nitrogens with zero attached hydrogens (tertiary/aromatic N) is 2. The summed E-state index contributed by atoms with van der Waals surface area (Å²) in [5, 5.41) is 6.68. The van der Waals surface area contributed by atoms with E-state index in [-0.39, 0.29) is 18.0 Å². The van der Waals surface area contributed by atoms with Crippen LogP contribution >= 0.6 is 22.7 Å². The summed E-state index contributed by atoms with van der Waals surface area (Å²) in [6.07, 6.45) is 15.4. The van der Waals surface area contributed by atoms with Crippen LogP contribution in [0.4, 0.5) is 22.7 Å². The Morgan fingerprint density at radius 3 is 1.98 bits per heavy atom. The lowest BCUT2D eigenvalue weighted by molar-refractivity contribution is 0.696. The summed E-state index contributed by atoms with van der Waals surface area (Å²) in [4.78, 5) is 6.67. The maximum absolute atomic E-state index is 2.63. The summed E-state index contributed by atoms with van der Waals surface area (Å²) in [5.74, 6) is 0.156. The van der Waals surface area contributed by atoms with Crippen LogP contribution in [0, 0.1) is 0 Å². The molecule has 0 spiro atoms. The predicted molar refractivity (Wildman–Crippen MR) is 243 cm³/mol. The van der Waals surface area contributed by atoms with Crippen LogP contribution in [0.3, 0.4) is 0 Å². The first kappa shape index (κ1) is 32.1. The van der Waals surface area contributed by atoms with Gasteiger partial charge in [0.15, 0.2) is 0 Å². The SMILES string of the molecule is C1=Cc2c(sc3ccccc23)C(N(c2ccccc2)c2ccc3c4c5c(ccc24)C=CC(N(c2ccccc2)c2cccc4c2sc2ccccc24)C5C=C3)C1. The van der Waals surface area contributed by atoms with Crippen LogP contribution in [0.5, 0.6) is 0 Å². The fourth-order valence-corrected chi connectivity index (χ4v) is 12.2. The Morgan fingerprint density at radius 2 is 1.16 bits per heavy atom. The standard InChI is InChI=1S/C52H36N2S2/c1-3-13-35(14-4-1)53(45-21-11-19-39-37-17-7-9-23-47(37)55-51(39)45)43-31-27-33-26-30-42-44(32-28-34-25-29-41(43)49(33)50(34)42)54(36-15-5-2-6-16-36)46-22-12-20-40-38-18-8-10-24-48(38)56-52(40)46/h1-21,23-32,41,43,46H,22H2. The summed E-state index contributed by atoms with van der Waals surface area (Å²) in [6.45, 7) is 0. The van der Waals surface area contributed by atoms with Crippen LogP contribution < -0.4 is 9.80 Å². The lowest BCUT2D eigenvalue weighted by atomic mass is 9.75. The van der Waals surface area contributed by atoms with Gasteiger partial charge in [-0.05, 0) is 82.6 Å². The molecule has 0 N–H and O–H groups in total. The minimum atomic E-state index is 0.0779. The van der Waals surface area contributed by atoms with Crippen LogP contribution in [0.2, 0.25) is 0 Å². The average Bonchev–Trinajstić information content (AvgIpc) is 3.84. The Kier molecular flexibility index (Phi) is 7.26. The Bertz CT molecular complexity index is 3090. The van der Waals surface area contributed by atoms with Gasteiger partial charge in [-0.25, -0.2) is 0 Å². The van der Waals surface area contributed by atoms with Crippen molar-refractivity contribution in [1.82, 2.24) is 0 Å². The van der Waals surface area contributed by atoms with E-state index in [9.17, 15) is 0 Å². The van der Waals surface area contributed by atoms with E-state index in [1.807, 2.05) is 22.7 Å². The van der Waals surface area contributed by atoms with Gasteiger partial charge >= 0.3 is 0 Å². The normalized spacial score (nSPS) is 17.9. The molecule has 12 rings (SSSR count). The number of anilines is 4. The molecule has 9 aromatic rings. The molecule has 0 amide bonds. The van der Waals surface area contributed by atoms with E-state index in [1.54, 1.807) is 0 Å². The Balaban J connectivity index is 1.05. The van der Waals surface area contributed by atoms with E-state index in [0.717, 1.165) is 6.42 Å². The van der Waals surface area contributed by atoms with E-state index in [4.69, 9.17) is 0 Å². The third-order valence-electron chi connectivity index (χ3n) is 12.1. The third kappa shape index (κ3) is 4.79. The van der Waals surface area contributed by atoms with E-state index in [0.29, 0.717) is 0 Å². The summed E-state index contributed by atoms with van der Waals surface area (Å²) in [7, 11) is 0. The zero-order valence-corrected chi connectivity index (χ0v) is 32.2. The van der Waals surface area contributed by atoms with Crippen LogP contribution in [0.1, 0.15) is 45.5 Å². The molecule has 0 aliphatic heterocycles. The fraction of sp³-hybridized carbons (Fsp3) is 0.0769. The van der Waals surface area contributed by atoms with Crippen LogP contribution in [-0.2, 0) is 0 Å². The number of rotatable bonds is 6. The van der Waals surface area contributed by atoms with Crippen LogP contribution in [0.25, 0.3) is 59.3 Å². The quantitative estimate of drug-likeness (QED) is 0.167. The van der Waals surface area contributed by atoms with Crippen LogP contribution in [0.15, 0.2) is 170 Å². The van der Waals surface area contributed by atoms with E-state index in [2.05, 4.69) is 198 Å². The van der Waals surface area contributed by atoms with Gasteiger partial charge in [0.05, 0.1) is 22.5 Å². The Morgan fingerprint density at radius 1 is 0.482 bits per heavy atom. The zero-order chi connectivity index (χ0) is 36.7. The molecule has 4 heteroatoms. The van der Waals surface area contributed by atoms with Crippen molar-refractivity contribution in [1.29, 1.82) is 0 Å². The molecule has 56 heavy (non-hydrogen) atoms. The molecule has 3 aliphatic rings. The van der Waals surface area contributed by atoms with Gasteiger partial charge in [-0.3, -0.25) is 0 Å². The highest BCUT2D eigenvalue weighted by Gasteiger charge is 2.36. The molecule has 3 unspecified atom stereocenters. The number of thiophene rings is 2. The first-order valence-corrected chi connectivity index (χ1v) is 21.2. The topological polar surface area (TPSA) is 6.48 Å². The first-order valence-electron chi connectivity index (χ1n) is 19.5. The fourth-order valence-electron chi connectivity index (χ4n) is 9.72. The molecule has 266 valence electrons. The molecule has 0 radical (unpaired) electrons. The number of benzene rings is 7. The first-order chi connectivity index (χ1) is 27.8. The lowest BCUT2D eigenvalue weighted by Gasteiger charge is -2.41. The second-order valence-corrected chi connectivity index (χ2v) is 17.2. The minimum absolute atomic E-state index is 0.0779. The van der Waals surface area contributed by atoms with Crippen molar-refractivity contribution in [2.75, 3.05) is 9.80 Å². The van der Waals surface area contributed by atoms with Gasteiger partial charge in [-0.2, -0.15) is 0 Å². The van der Waals surface area contributed by atoms with Gasteiger partial charge in [0.1, 0.15) is 0 Å². The minimum Gasteiger partial charge on any atom is -0.332 e. The third-order valence-corrected chi connectivity index (χ3v) is 14.6. The average molecular weight is 753 g/mol. The molecule has 0 bridgehead atoms. The summed E-state index contributed by atoms with van der Waals surface area (Å²) >= 11 is 3.86. The highest BCUT2D eigenvalue weighted by molar-refractivity contribution is 7.26. The molecule has 2 nitrogen and oxygen atoms in total. The van der Waals surface area contributed by atoms with Crippen LogP contribution in [-0.4, -0.2) is 6.04 Å². The summed E-state index contributed by atoms with van der Waals surface area (Å²) in [6, 6.07) is 56.4. The van der Waals surface area contributed by atoms with Gasteiger partial charge in [0, 0.05) is 58.8 Å². The highest BCUT2D eigenvalue weighted by atomic mass is 32.1. The van der Waals surface area contributed by atoms with Gasteiger partial charge in [-0.1, -0.05) is 140 Å². The highest BCUT2D eigenvalue weighted by Crippen LogP contribution is 2.53. The molecule has 0 fully saturated rings. The molecule has 0 saturated heterocycles. The molecular weight excluding hydrogens is 717 g/mol. The molecular formula is C52H36N2S2. The molecule has 7 aromatic carbocycles. The van der Waals surface area contributed by atoms with E-state index < -0.39 is 0 Å². The van der Waals surface area contributed by atoms with Gasteiger partial charge < -0.3 is 9.80 Å². The number of fused-ring (bicyclic) bond motifs is 6. The number of hydrogen-bond acceptors (Lipinski definition) is 4. The summed E-state index contributed by atoms with van der Waals surface area (Å²) in [5.41, 5.74) is 10.3. The predicted octanol–water partition coefficient (Wildman–Crippen LogP) is 15.1. The van der Waals surface area contributed by atoms with Gasteiger partial charge in [0.2, 0.25) is 0 Å². The summed E-state index contributed by atoms with van der Waals surface area (Å²) < 4.78 is 4.01. The van der Waals surface area contributed by atoms with Crippen molar-refractivity contribution in [3.8, 4) is 0 Å². The van der Waals surface area contributed by atoms with E-state index in [1.165, 1.54) is 90.9 Å². The van der Waals surface area contributed by atoms with Crippen molar-refractivity contribution in [2.24, 2.45) is 0 Å².